The minimum absolute atomic E-state index is 0.0103. The molecular formula is C31H30F5NO6S2. The number of halogens is 5. The lowest BCUT2D eigenvalue weighted by Gasteiger charge is -2.57. The highest BCUT2D eigenvalue weighted by molar-refractivity contribution is 7.92. The summed E-state index contributed by atoms with van der Waals surface area (Å²) in [6.07, 6.45) is -5.05. The Balaban J connectivity index is 1.50. The second kappa shape index (κ2) is 10.9. The van der Waals surface area contributed by atoms with Crippen LogP contribution in [0.15, 0.2) is 65.6 Å². The van der Waals surface area contributed by atoms with Gasteiger partial charge in [0.05, 0.1) is 35.0 Å². The summed E-state index contributed by atoms with van der Waals surface area (Å²) in [4.78, 5) is -0.484. The highest BCUT2D eigenvalue weighted by Crippen LogP contribution is 2.60. The SMILES string of the molecule is COc1ccc(CN2[C@H]3CC[C@@]4(S(=O)(=O)c5ccc(C(F)(F)F)cc5)c5c(F)ccc(F)c5OC[C@H]4[C@H]3C[C@@H](C)S2(=O)=O)cc1. The number of sulfone groups is 1. The van der Waals surface area contributed by atoms with E-state index in [1.165, 1.54) is 18.3 Å². The van der Waals surface area contributed by atoms with Crippen LogP contribution in [0, 0.1) is 23.5 Å². The van der Waals surface area contributed by atoms with Crippen LogP contribution in [0.3, 0.4) is 0 Å². The Labute approximate surface area is 257 Å². The van der Waals surface area contributed by atoms with E-state index in [1.54, 1.807) is 24.3 Å². The van der Waals surface area contributed by atoms with Crippen molar-refractivity contribution in [3.05, 3.63) is 89.0 Å². The molecule has 1 saturated carbocycles. The van der Waals surface area contributed by atoms with Gasteiger partial charge in [-0.2, -0.15) is 17.5 Å². The molecule has 3 aliphatic rings. The molecule has 1 aliphatic carbocycles. The van der Waals surface area contributed by atoms with Crippen molar-refractivity contribution in [1.29, 1.82) is 0 Å². The van der Waals surface area contributed by atoms with E-state index in [0.29, 0.717) is 23.4 Å². The van der Waals surface area contributed by atoms with Crippen LogP contribution in [0.1, 0.15) is 42.9 Å². The van der Waals surface area contributed by atoms with E-state index in [-0.39, 0.29) is 32.4 Å². The number of ether oxygens (including phenoxy) is 2. The smallest absolute Gasteiger partial charge is 0.416 e. The van der Waals surface area contributed by atoms with Crippen molar-refractivity contribution in [3.8, 4) is 11.5 Å². The molecule has 0 unspecified atom stereocenters. The van der Waals surface area contributed by atoms with Crippen LogP contribution in [-0.2, 0) is 37.3 Å². The van der Waals surface area contributed by atoms with Crippen LogP contribution in [0.5, 0.6) is 11.5 Å². The van der Waals surface area contributed by atoms with Crippen LogP contribution in [0.25, 0.3) is 0 Å². The predicted molar refractivity (Wildman–Crippen MR) is 154 cm³/mol. The molecule has 2 fully saturated rings. The molecule has 0 radical (unpaired) electrons. The Morgan fingerprint density at radius 3 is 2.27 bits per heavy atom. The summed E-state index contributed by atoms with van der Waals surface area (Å²) in [6, 6.07) is 10.7. The Morgan fingerprint density at radius 1 is 1.00 bits per heavy atom. The summed E-state index contributed by atoms with van der Waals surface area (Å²) in [7, 11) is -7.07. The van der Waals surface area contributed by atoms with Gasteiger partial charge in [-0.1, -0.05) is 12.1 Å². The molecule has 0 N–H and O–H groups in total. The quantitative estimate of drug-likeness (QED) is 0.306. The largest absolute Gasteiger partial charge is 0.497 e. The molecular weight excluding hydrogens is 641 g/mol. The lowest BCUT2D eigenvalue weighted by Crippen LogP contribution is -2.64. The van der Waals surface area contributed by atoms with E-state index in [2.05, 4.69) is 0 Å². The first-order valence-electron chi connectivity index (χ1n) is 14.3. The number of sulfonamides is 1. The molecule has 7 nitrogen and oxygen atoms in total. The van der Waals surface area contributed by atoms with Crippen molar-refractivity contribution in [2.75, 3.05) is 13.7 Å². The van der Waals surface area contributed by atoms with E-state index in [0.717, 1.165) is 24.3 Å². The zero-order valence-corrected chi connectivity index (χ0v) is 25.9. The van der Waals surface area contributed by atoms with Gasteiger partial charge in [0, 0.05) is 18.5 Å². The van der Waals surface area contributed by atoms with Crippen molar-refractivity contribution < 1.29 is 48.3 Å². The van der Waals surface area contributed by atoms with Crippen LogP contribution in [-0.4, -0.2) is 46.1 Å². The van der Waals surface area contributed by atoms with Crippen molar-refractivity contribution >= 4 is 19.9 Å². The topological polar surface area (TPSA) is 90.0 Å². The number of hydrogen-bond acceptors (Lipinski definition) is 6. The van der Waals surface area contributed by atoms with Crippen LogP contribution in [0.4, 0.5) is 22.0 Å². The first-order valence-corrected chi connectivity index (χ1v) is 17.3. The molecule has 45 heavy (non-hydrogen) atoms. The Kier molecular flexibility index (Phi) is 7.72. The number of hydrogen-bond donors (Lipinski definition) is 0. The molecule has 0 aromatic heterocycles. The predicted octanol–water partition coefficient (Wildman–Crippen LogP) is 6.07. The molecule has 0 bridgehead atoms. The van der Waals surface area contributed by atoms with Gasteiger partial charge in [-0.3, -0.25) is 0 Å². The summed E-state index contributed by atoms with van der Waals surface area (Å²) in [5.41, 5.74) is -0.913. The average molecular weight is 672 g/mol. The number of benzene rings is 3. The van der Waals surface area contributed by atoms with Gasteiger partial charge in [0.25, 0.3) is 0 Å². The Hall–Kier alpha value is -3.23. The Bertz CT molecular complexity index is 1830. The van der Waals surface area contributed by atoms with Crippen molar-refractivity contribution in [1.82, 2.24) is 4.31 Å². The lowest BCUT2D eigenvalue weighted by molar-refractivity contribution is -0.137. The fourth-order valence-electron chi connectivity index (χ4n) is 7.41. The summed E-state index contributed by atoms with van der Waals surface area (Å²) in [5, 5.41) is -0.944. The number of nitrogens with zero attached hydrogens (tertiary/aromatic N) is 1. The third kappa shape index (κ3) is 4.91. The zero-order valence-electron chi connectivity index (χ0n) is 24.2. The molecule has 0 spiro atoms. The molecule has 14 heteroatoms. The van der Waals surface area contributed by atoms with Crippen molar-refractivity contribution in [2.24, 2.45) is 11.8 Å². The fraction of sp³-hybridized carbons (Fsp3) is 0.419. The van der Waals surface area contributed by atoms with E-state index in [1.807, 2.05) is 0 Å². The van der Waals surface area contributed by atoms with E-state index in [9.17, 15) is 30.0 Å². The molecule has 1 saturated heterocycles. The van der Waals surface area contributed by atoms with Gasteiger partial charge in [-0.15, -0.1) is 0 Å². The number of methoxy groups -OCH3 is 1. The maximum Gasteiger partial charge on any atom is 0.416 e. The van der Waals surface area contributed by atoms with Gasteiger partial charge in [0.2, 0.25) is 10.0 Å². The third-order valence-corrected chi connectivity index (χ3v) is 14.4. The average Bonchev–Trinajstić information content (AvgIpc) is 3.00. The van der Waals surface area contributed by atoms with Gasteiger partial charge in [0.1, 0.15) is 16.3 Å². The molecule has 5 atom stereocenters. The zero-order chi connectivity index (χ0) is 32.5. The lowest BCUT2D eigenvalue weighted by atomic mass is 9.64. The highest BCUT2D eigenvalue weighted by atomic mass is 32.2. The standard InChI is InChI=1S/C31H30F5NO6S2/c1-18-15-23-24-17-43-29-26(33)12-11-25(32)28(29)30(24,44(38,39)22-9-5-20(6-10-22)31(34,35)36)14-13-27(23)37(45(18,40)41)16-19-3-7-21(42-2)8-4-19/h3-12,18,23-24,27H,13-17H2,1-2H3/t18-,23-,24+,27+,30+/m1/s1. The molecule has 3 aromatic rings. The van der Waals surface area contributed by atoms with E-state index >= 15 is 8.78 Å². The van der Waals surface area contributed by atoms with E-state index in [4.69, 9.17) is 9.47 Å². The minimum atomic E-state index is -4.72. The minimum Gasteiger partial charge on any atom is -0.497 e. The third-order valence-electron chi connectivity index (χ3n) is 9.59. The molecule has 6 rings (SSSR count). The summed E-state index contributed by atoms with van der Waals surface area (Å²) >= 11 is 0. The first-order chi connectivity index (χ1) is 21.1. The van der Waals surface area contributed by atoms with Gasteiger partial charge >= 0.3 is 6.18 Å². The second-order valence-electron chi connectivity index (χ2n) is 11.8. The van der Waals surface area contributed by atoms with Crippen molar-refractivity contribution in [2.45, 2.75) is 59.8 Å². The summed E-state index contributed by atoms with van der Waals surface area (Å²) < 4.78 is 138. The second-order valence-corrected chi connectivity index (χ2v) is 16.3. The Morgan fingerprint density at radius 2 is 1.64 bits per heavy atom. The molecule has 0 amide bonds. The monoisotopic (exact) mass is 671 g/mol. The van der Waals surface area contributed by atoms with Crippen LogP contribution in [0.2, 0.25) is 0 Å². The summed E-state index contributed by atoms with van der Waals surface area (Å²) in [6.45, 7) is 1.15. The highest BCUT2D eigenvalue weighted by Gasteiger charge is 2.65. The number of alkyl halides is 3. The molecule has 2 heterocycles. The van der Waals surface area contributed by atoms with Crippen LogP contribution < -0.4 is 9.47 Å². The molecule has 2 aliphatic heterocycles. The van der Waals surface area contributed by atoms with E-state index < -0.39 is 87.3 Å². The van der Waals surface area contributed by atoms with Gasteiger partial charge in [-0.05, 0) is 86.2 Å². The van der Waals surface area contributed by atoms with Gasteiger partial charge in [-0.25, -0.2) is 25.6 Å². The first kappa shape index (κ1) is 31.7. The van der Waals surface area contributed by atoms with Crippen LogP contribution >= 0.6 is 0 Å². The van der Waals surface area contributed by atoms with Crippen molar-refractivity contribution in [3.63, 3.8) is 0 Å². The number of rotatable bonds is 5. The molecule has 3 aromatic carbocycles. The normalized spacial score (nSPS) is 27.9. The molecule has 242 valence electrons. The van der Waals surface area contributed by atoms with Gasteiger partial charge < -0.3 is 9.47 Å². The maximum absolute atomic E-state index is 15.8. The number of fused-ring (bicyclic) bond motifs is 5. The van der Waals surface area contributed by atoms with Gasteiger partial charge in [0.15, 0.2) is 21.4 Å². The fourth-order valence-corrected chi connectivity index (χ4v) is 11.7. The maximum atomic E-state index is 15.8. The summed E-state index contributed by atoms with van der Waals surface area (Å²) in [5.74, 6) is -3.72.